The van der Waals surface area contributed by atoms with E-state index in [0.29, 0.717) is 23.8 Å². The van der Waals surface area contributed by atoms with Gasteiger partial charge in [-0.3, -0.25) is 9.59 Å². The van der Waals surface area contributed by atoms with Gasteiger partial charge >= 0.3 is 0 Å². The Morgan fingerprint density at radius 3 is 2.26 bits per heavy atom. The van der Waals surface area contributed by atoms with Gasteiger partial charge in [0.1, 0.15) is 11.5 Å². The molecular weight excluding hydrogens is 700 g/mol. The van der Waals surface area contributed by atoms with Gasteiger partial charge in [0.05, 0.1) is 26.9 Å². The Labute approximate surface area is 303 Å². The van der Waals surface area contributed by atoms with E-state index in [9.17, 15) is 9.59 Å². The van der Waals surface area contributed by atoms with Gasteiger partial charge in [-0.05, 0) is 92.1 Å². The van der Waals surface area contributed by atoms with Crippen LogP contribution in [0.4, 0.5) is 0 Å². The molecule has 2 fully saturated rings. The second-order valence-corrected chi connectivity index (χ2v) is 14.4. The lowest BCUT2D eigenvalue weighted by atomic mass is 10.0. The van der Waals surface area contributed by atoms with E-state index < -0.39 is 11.7 Å². The van der Waals surface area contributed by atoms with E-state index in [1.54, 1.807) is 39.3 Å². The van der Waals surface area contributed by atoms with E-state index in [1.807, 2.05) is 56.3 Å². The van der Waals surface area contributed by atoms with E-state index in [0.717, 1.165) is 83.3 Å². The van der Waals surface area contributed by atoms with Gasteiger partial charge in [-0.2, -0.15) is 0 Å². The van der Waals surface area contributed by atoms with E-state index in [4.69, 9.17) is 24.7 Å². The summed E-state index contributed by atoms with van der Waals surface area (Å²) >= 11 is 3.43. The summed E-state index contributed by atoms with van der Waals surface area (Å²) in [6.45, 7) is 7.48. The normalized spacial score (nSPS) is 17.6. The molecule has 50 heavy (non-hydrogen) atoms. The summed E-state index contributed by atoms with van der Waals surface area (Å²) in [6.07, 6.45) is 6.01. The lowest BCUT2D eigenvalue weighted by Gasteiger charge is -2.33. The molecule has 0 bridgehead atoms. The fraction of sp³-hybridized carbons (Fsp3) is 0.436. The molecule has 10 nitrogen and oxygen atoms in total. The van der Waals surface area contributed by atoms with Gasteiger partial charge in [-0.25, -0.2) is 0 Å². The van der Waals surface area contributed by atoms with Crippen LogP contribution in [0, 0.1) is 0 Å². The molecule has 2 amide bonds. The van der Waals surface area contributed by atoms with Crippen LogP contribution in [0.15, 0.2) is 71.3 Å². The lowest BCUT2D eigenvalue weighted by molar-refractivity contribution is -0.138. The second kappa shape index (κ2) is 16.4. The number of carbonyl (C=O) groups is 2. The molecule has 3 aromatic carbocycles. The maximum Gasteiger partial charge on any atom is 0.253 e. The summed E-state index contributed by atoms with van der Waals surface area (Å²) in [6, 6.07) is 19.9. The minimum absolute atomic E-state index is 0.0255. The number of ether oxygens (including phenoxy) is 4. The van der Waals surface area contributed by atoms with E-state index >= 15 is 0 Å². The number of hydrogen-bond donors (Lipinski definition) is 1. The monoisotopic (exact) mass is 748 g/mol. The lowest BCUT2D eigenvalue weighted by Crippen LogP contribution is -2.35. The molecule has 2 saturated heterocycles. The summed E-state index contributed by atoms with van der Waals surface area (Å²) < 4.78 is 25.6. The van der Waals surface area contributed by atoms with E-state index in [-0.39, 0.29) is 12.0 Å². The van der Waals surface area contributed by atoms with Crippen LogP contribution in [0.2, 0.25) is 0 Å². The standard InChI is InChI=1S/C26H32N4O3.C13H17BrO3/c1-28(2)26(32)21-7-5-19(24(17-21)33-3)8-12-29-13-10-22(11-14-29)30-15-9-18-4-6-20(25(27)31)16-23(18)30;1-13(2)16-8-11(17-13)6-9-4-5-10(14)7-12(9)15-3/h4-7,9,15-17,22H,8,10-14H2,1-3H3,(H2,27,31);4-5,7,11H,6,8H2,1-3H3. The molecule has 1 atom stereocenters. The number of piperidine rings is 1. The molecule has 0 radical (unpaired) electrons. The number of methoxy groups -OCH3 is 2. The maximum absolute atomic E-state index is 12.2. The number of primary amides is 1. The molecule has 6 rings (SSSR count). The highest BCUT2D eigenvalue weighted by molar-refractivity contribution is 9.10. The van der Waals surface area contributed by atoms with Crippen LogP contribution in [0.1, 0.15) is 64.6 Å². The first-order chi connectivity index (χ1) is 23.9. The highest BCUT2D eigenvalue weighted by Crippen LogP contribution is 2.31. The molecule has 0 saturated carbocycles. The number of nitrogens with two attached hydrogens (primary N) is 1. The van der Waals surface area contributed by atoms with Gasteiger partial charge < -0.3 is 39.0 Å². The molecular formula is C39H49BrN4O6. The predicted octanol–water partition coefficient (Wildman–Crippen LogP) is 6.48. The Bertz CT molecular complexity index is 1800. The van der Waals surface area contributed by atoms with Crippen LogP contribution in [0.5, 0.6) is 11.5 Å². The van der Waals surface area contributed by atoms with Crippen molar-refractivity contribution in [1.29, 1.82) is 0 Å². The van der Waals surface area contributed by atoms with Gasteiger partial charge in [0.2, 0.25) is 5.91 Å². The molecule has 2 aliphatic rings. The summed E-state index contributed by atoms with van der Waals surface area (Å²) in [5.74, 6) is 0.763. The first-order valence-electron chi connectivity index (χ1n) is 17.0. The zero-order valence-corrected chi connectivity index (χ0v) is 31.5. The zero-order chi connectivity index (χ0) is 36.0. The van der Waals surface area contributed by atoms with Crippen molar-refractivity contribution in [1.82, 2.24) is 14.4 Å². The summed E-state index contributed by atoms with van der Waals surface area (Å²) in [7, 11) is 6.83. The highest BCUT2D eigenvalue weighted by Gasteiger charge is 2.33. The van der Waals surface area contributed by atoms with Crippen LogP contribution < -0.4 is 15.2 Å². The topological polar surface area (TPSA) is 108 Å². The van der Waals surface area contributed by atoms with Crippen molar-refractivity contribution < 1.29 is 28.5 Å². The Hall–Kier alpha value is -3.90. The molecule has 3 heterocycles. The van der Waals surface area contributed by atoms with Crippen molar-refractivity contribution in [2.45, 2.75) is 57.5 Å². The Morgan fingerprint density at radius 1 is 0.940 bits per heavy atom. The van der Waals surface area contributed by atoms with Gasteiger partial charge in [0.25, 0.3) is 5.91 Å². The third-order valence-corrected chi connectivity index (χ3v) is 9.85. The van der Waals surface area contributed by atoms with E-state index in [1.165, 1.54) is 0 Å². The average molecular weight is 750 g/mol. The number of rotatable bonds is 10. The predicted molar refractivity (Wildman–Crippen MR) is 199 cm³/mol. The van der Waals surface area contributed by atoms with Gasteiger partial charge in [-0.1, -0.05) is 34.1 Å². The first-order valence-corrected chi connectivity index (χ1v) is 17.8. The minimum Gasteiger partial charge on any atom is -0.496 e. The molecule has 0 spiro atoms. The zero-order valence-electron chi connectivity index (χ0n) is 29.9. The van der Waals surface area contributed by atoms with Crippen molar-refractivity contribution >= 4 is 38.6 Å². The van der Waals surface area contributed by atoms with Crippen LogP contribution in [-0.4, -0.2) is 92.6 Å². The number of carbonyl (C=O) groups excluding carboxylic acids is 2. The van der Waals surface area contributed by atoms with Crippen molar-refractivity contribution in [2.75, 3.05) is 54.6 Å². The largest absolute Gasteiger partial charge is 0.496 e. The van der Waals surface area contributed by atoms with Crippen molar-refractivity contribution in [3.8, 4) is 11.5 Å². The molecule has 268 valence electrons. The third-order valence-electron chi connectivity index (χ3n) is 9.36. The van der Waals surface area contributed by atoms with Gasteiger partial charge in [-0.15, -0.1) is 0 Å². The fourth-order valence-electron chi connectivity index (χ4n) is 6.66. The van der Waals surface area contributed by atoms with Crippen LogP contribution >= 0.6 is 15.9 Å². The number of nitrogens with zero attached hydrogens (tertiary/aromatic N) is 3. The Kier molecular flexibility index (Phi) is 12.3. The highest BCUT2D eigenvalue weighted by atomic mass is 79.9. The second-order valence-electron chi connectivity index (χ2n) is 13.5. The summed E-state index contributed by atoms with van der Waals surface area (Å²) in [5.41, 5.74) is 9.99. The quantitative estimate of drug-likeness (QED) is 0.198. The van der Waals surface area contributed by atoms with E-state index in [2.05, 4.69) is 43.7 Å². The van der Waals surface area contributed by atoms with Gasteiger partial charge in [0, 0.05) is 73.5 Å². The van der Waals surface area contributed by atoms with Crippen LogP contribution in [0.3, 0.4) is 0 Å². The van der Waals surface area contributed by atoms with Crippen molar-refractivity contribution in [3.05, 3.63) is 93.6 Å². The molecule has 2 aliphatic heterocycles. The summed E-state index contributed by atoms with van der Waals surface area (Å²) in [4.78, 5) is 27.9. The molecule has 4 aromatic rings. The van der Waals surface area contributed by atoms with Crippen molar-refractivity contribution in [2.24, 2.45) is 5.73 Å². The Balaban J connectivity index is 0.000000240. The number of halogens is 1. The number of hydrogen-bond acceptors (Lipinski definition) is 7. The number of fused-ring (bicyclic) bond motifs is 1. The fourth-order valence-corrected chi connectivity index (χ4v) is 7.00. The Morgan fingerprint density at radius 2 is 1.62 bits per heavy atom. The number of likely N-dealkylation sites (tertiary alicyclic amines) is 1. The first kappa shape index (κ1) is 37.4. The van der Waals surface area contributed by atoms with Crippen LogP contribution in [-0.2, 0) is 22.3 Å². The molecule has 0 aliphatic carbocycles. The van der Waals surface area contributed by atoms with Crippen molar-refractivity contribution in [3.63, 3.8) is 0 Å². The number of aromatic nitrogens is 1. The summed E-state index contributed by atoms with van der Waals surface area (Å²) in [5, 5.41) is 1.13. The number of amides is 2. The maximum atomic E-state index is 12.2. The van der Waals surface area contributed by atoms with Crippen LogP contribution in [0.25, 0.3) is 10.9 Å². The molecule has 11 heteroatoms. The molecule has 2 N–H and O–H groups in total. The molecule has 1 unspecified atom stereocenters. The molecule has 1 aromatic heterocycles. The average Bonchev–Trinajstić information content (AvgIpc) is 3.69. The third kappa shape index (κ3) is 9.25. The smallest absolute Gasteiger partial charge is 0.253 e. The van der Waals surface area contributed by atoms with Gasteiger partial charge in [0.15, 0.2) is 5.79 Å². The SMILES string of the molecule is COc1cc(Br)ccc1CC1COC(C)(C)O1.COc1cc(C(=O)N(C)C)ccc1CCN1CCC(n2ccc3ccc(C(N)=O)cc32)CC1. The minimum atomic E-state index is -0.465. The number of benzene rings is 3.